The van der Waals surface area contributed by atoms with Crippen LogP contribution >= 0.6 is 0 Å². The third-order valence-corrected chi connectivity index (χ3v) is 4.36. The van der Waals surface area contributed by atoms with Crippen molar-refractivity contribution in [1.29, 1.82) is 0 Å². The number of carbonyl (C=O) groups excluding carboxylic acids is 1. The van der Waals surface area contributed by atoms with Crippen molar-refractivity contribution in [2.45, 2.75) is 97.1 Å². The fourth-order valence-corrected chi connectivity index (χ4v) is 3.29. The number of hydrogen-bond donors (Lipinski definition) is 0. The Kier molecular flexibility index (Phi) is 10.3. The van der Waals surface area contributed by atoms with Gasteiger partial charge >= 0.3 is 0 Å². The standard InChI is InChI=1S/C20H39NO5/c1-13(2)24-16(6)19-20(25-14(3)4)18(15(5)26-19)23-12-17(22)10-9-11-21(7)8/h13-16,18-20H,9-12H2,1-8H3/t15-,16+,18-,19+,20-/m0/s1. The van der Waals surface area contributed by atoms with E-state index >= 15 is 0 Å². The van der Waals surface area contributed by atoms with Gasteiger partial charge in [-0.2, -0.15) is 0 Å². The third kappa shape index (κ3) is 8.01. The molecule has 0 spiro atoms. The Morgan fingerprint density at radius 1 is 1.08 bits per heavy atom. The molecule has 1 aliphatic rings. The lowest BCUT2D eigenvalue weighted by Crippen LogP contribution is -2.44. The second-order valence-electron chi connectivity index (χ2n) is 8.07. The minimum Gasteiger partial charge on any atom is -0.373 e. The SMILES string of the molecule is CC(C)O[C@H]1[C@@H](OCC(=O)CCCN(C)C)[C@H](C)O[C@@H]1[C@@H](C)OC(C)C. The zero-order valence-corrected chi connectivity index (χ0v) is 17.9. The molecule has 1 aliphatic heterocycles. The molecule has 0 aromatic carbocycles. The van der Waals surface area contributed by atoms with Crippen molar-refractivity contribution in [3.63, 3.8) is 0 Å². The molecule has 1 heterocycles. The molecule has 1 fully saturated rings. The molecule has 0 saturated carbocycles. The molecular formula is C20H39NO5. The second kappa shape index (κ2) is 11.3. The molecule has 6 heteroatoms. The quantitative estimate of drug-likeness (QED) is 0.524. The maximum Gasteiger partial charge on any atom is 0.158 e. The van der Waals surface area contributed by atoms with Gasteiger partial charge in [0.25, 0.3) is 0 Å². The van der Waals surface area contributed by atoms with E-state index in [0.717, 1.165) is 13.0 Å². The van der Waals surface area contributed by atoms with Gasteiger partial charge in [0, 0.05) is 6.42 Å². The fourth-order valence-electron chi connectivity index (χ4n) is 3.29. The summed E-state index contributed by atoms with van der Waals surface area (Å²) in [5, 5.41) is 0. The van der Waals surface area contributed by atoms with Crippen LogP contribution in [0.3, 0.4) is 0 Å². The molecule has 0 aliphatic carbocycles. The summed E-state index contributed by atoms with van der Waals surface area (Å²) in [6.07, 6.45) is 0.579. The molecule has 26 heavy (non-hydrogen) atoms. The summed E-state index contributed by atoms with van der Waals surface area (Å²) in [4.78, 5) is 14.2. The topological polar surface area (TPSA) is 57.2 Å². The molecule has 5 atom stereocenters. The Hall–Kier alpha value is -0.530. The summed E-state index contributed by atoms with van der Waals surface area (Å²) < 4.78 is 24.1. The summed E-state index contributed by atoms with van der Waals surface area (Å²) in [7, 11) is 4.01. The van der Waals surface area contributed by atoms with Crippen molar-refractivity contribution in [3.05, 3.63) is 0 Å². The van der Waals surface area contributed by atoms with Crippen molar-refractivity contribution in [1.82, 2.24) is 4.90 Å². The maximum absolute atomic E-state index is 12.1. The number of nitrogens with zero attached hydrogens (tertiary/aromatic N) is 1. The van der Waals surface area contributed by atoms with Gasteiger partial charge in [-0.1, -0.05) is 0 Å². The van der Waals surface area contributed by atoms with Crippen LogP contribution in [0, 0.1) is 0 Å². The van der Waals surface area contributed by atoms with Gasteiger partial charge in [-0.05, 0) is 68.6 Å². The van der Waals surface area contributed by atoms with E-state index in [0.29, 0.717) is 6.42 Å². The number of carbonyl (C=O) groups is 1. The van der Waals surface area contributed by atoms with Crippen LogP contribution in [0.1, 0.15) is 54.4 Å². The van der Waals surface area contributed by atoms with E-state index in [1.54, 1.807) is 0 Å². The molecule has 0 aromatic rings. The molecule has 0 N–H and O–H groups in total. The number of rotatable bonds is 12. The molecule has 6 nitrogen and oxygen atoms in total. The minimum atomic E-state index is -0.265. The van der Waals surface area contributed by atoms with Gasteiger partial charge in [-0.15, -0.1) is 0 Å². The van der Waals surface area contributed by atoms with Crippen LogP contribution in [0.4, 0.5) is 0 Å². The van der Waals surface area contributed by atoms with Crippen molar-refractivity contribution in [2.24, 2.45) is 0 Å². The lowest BCUT2D eigenvalue weighted by atomic mass is 10.0. The van der Waals surface area contributed by atoms with Gasteiger partial charge < -0.3 is 23.8 Å². The number of ketones is 1. The molecule has 1 rings (SSSR count). The highest BCUT2D eigenvalue weighted by Gasteiger charge is 2.47. The summed E-state index contributed by atoms with van der Waals surface area (Å²) in [6, 6.07) is 0. The smallest absolute Gasteiger partial charge is 0.158 e. The van der Waals surface area contributed by atoms with Gasteiger partial charge in [0.1, 0.15) is 24.9 Å². The monoisotopic (exact) mass is 373 g/mol. The Morgan fingerprint density at radius 3 is 2.27 bits per heavy atom. The molecule has 1 saturated heterocycles. The summed E-state index contributed by atoms with van der Waals surface area (Å²) >= 11 is 0. The number of hydrogen-bond acceptors (Lipinski definition) is 6. The first kappa shape index (κ1) is 23.5. The highest BCUT2D eigenvalue weighted by molar-refractivity contribution is 5.79. The molecule has 0 aromatic heterocycles. The maximum atomic E-state index is 12.1. The normalized spacial score (nSPS) is 27.7. The molecular weight excluding hydrogens is 334 g/mol. The van der Waals surface area contributed by atoms with Crippen molar-refractivity contribution in [3.8, 4) is 0 Å². The fraction of sp³-hybridized carbons (Fsp3) is 0.950. The molecule has 0 bridgehead atoms. The zero-order valence-electron chi connectivity index (χ0n) is 17.9. The van der Waals surface area contributed by atoms with E-state index in [4.69, 9.17) is 18.9 Å². The highest BCUT2D eigenvalue weighted by Crippen LogP contribution is 2.31. The van der Waals surface area contributed by atoms with Crippen LogP contribution in [0.2, 0.25) is 0 Å². The van der Waals surface area contributed by atoms with E-state index in [1.165, 1.54) is 0 Å². The van der Waals surface area contributed by atoms with Crippen molar-refractivity contribution >= 4 is 5.78 Å². The van der Waals surface area contributed by atoms with E-state index < -0.39 is 0 Å². The Labute approximate surface area is 159 Å². The predicted molar refractivity (Wildman–Crippen MR) is 103 cm³/mol. The van der Waals surface area contributed by atoms with Crippen LogP contribution in [-0.2, 0) is 23.7 Å². The van der Waals surface area contributed by atoms with Gasteiger partial charge in [0.2, 0.25) is 0 Å². The van der Waals surface area contributed by atoms with E-state index in [2.05, 4.69) is 4.90 Å². The first-order chi connectivity index (χ1) is 12.1. The number of Topliss-reactive ketones (excluding diaryl/α,β-unsaturated/α-hetero) is 1. The Morgan fingerprint density at radius 2 is 1.73 bits per heavy atom. The van der Waals surface area contributed by atoms with Crippen LogP contribution in [0.5, 0.6) is 0 Å². The third-order valence-electron chi connectivity index (χ3n) is 4.36. The average Bonchev–Trinajstić information content (AvgIpc) is 2.79. The van der Waals surface area contributed by atoms with Crippen molar-refractivity contribution in [2.75, 3.05) is 27.2 Å². The van der Waals surface area contributed by atoms with Crippen LogP contribution in [-0.4, -0.2) is 80.7 Å². The van der Waals surface area contributed by atoms with E-state index in [1.807, 2.05) is 55.6 Å². The van der Waals surface area contributed by atoms with Crippen LogP contribution < -0.4 is 0 Å². The second-order valence-corrected chi connectivity index (χ2v) is 8.07. The van der Waals surface area contributed by atoms with E-state index in [-0.39, 0.29) is 55.1 Å². The predicted octanol–water partition coefficient (Wildman–Crippen LogP) is 2.68. The summed E-state index contributed by atoms with van der Waals surface area (Å²) in [5.41, 5.74) is 0. The summed E-state index contributed by atoms with van der Waals surface area (Å²) in [6.45, 7) is 13.0. The number of ether oxygens (including phenoxy) is 4. The lowest BCUT2D eigenvalue weighted by molar-refractivity contribution is -0.137. The average molecular weight is 374 g/mol. The van der Waals surface area contributed by atoms with E-state index in [9.17, 15) is 4.79 Å². The van der Waals surface area contributed by atoms with Gasteiger partial charge in [-0.3, -0.25) is 4.79 Å². The molecule has 154 valence electrons. The van der Waals surface area contributed by atoms with Crippen molar-refractivity contribution < 1.29 is 23.7 Å². The van der Waals surface area contributed by atoms with Crippen LogP contribution in [0.25, 0.3) is 0 Å². The summed E-state index contributed by atoms with van der Waals surface area (Å²) in [5.74, 6) is 0.122. The molecule has 0 radical (unpaired) electrons. The zero-order chi connectivity index (χ0) is 19.9. The first-order valence-corrected chi connectivity index (χ1v) is 9.86. The molecule has 0 unspecified atom stereocenters. The Balaban J connectivity index is 2.64. The van der Waals surface area contributed by atoms with Crippen LogP contribution in [0.15, 0.2) is 0 Å². The molecule has 0 amide bonds. The largest absolute Gasteiger partial charge is 0.373 e. The highest BCUT2D eigenvalue weighted by atomic mass is 16.6. The van der Waals surface area contributed by atoms with Gasteiger partial charge in [0.15, 0.2) is 5.78 Å². The minimum absolute atomic E-state index is 0.0459. The Bertz CT molecular complexity index is 413. The lowest BCUT2D eigenvalue weighted by Gasteiger charge is -2.29. The van der Waals surface area contributed by atoms with Gasteiger partial charge in [0.05, 0.1) is 24.4 Å². The van der Waals surface area contributed by atoms with Gasteiger partial charge in [-0.25, -0.2) is 0 Å². The first-order valence-electron chi connectivity index (χ1n) is 9.86.